The second kappa shape index (κ2) is 60.7. The van der Waals surface area contributed by atoms with Crippen molar-refractivity contribution < 1.29 is 46.2 Å². The van der Waals surface area contributed by atoms with Crippen LogP contribution in [0.4, 0.5) is 0 Å². The molecule has 0 spiro atoms. The van der Waals surface area contributed by atoms with Crippen LogP contribution in [-0.4, -0.2) is 122 Å². The van der Waals surface area contributed by atoms with Gasteiger partial charge in [0.05, 0.1) is 96.8 Å². The summed E-state index contributed by atoms with van der Waals surface area (Å²) in [5.41, 5.74) is 1.46. The van der Waals surface area contributed by atoms with Gasteiger partial charge >= 0.3 is 0 Å². The molecule has 0 atom stereocenters. The summed E-state index contributed by atoms with van der Waals surface area (Å²) < 4.78 is 58.9. The number of ether oxygens (including phenoxy) is 5. The van der Waals surface area contributed by atoms with E-state index in [-0.39, 0.29) is 12.4 Å². The van der Waals surface area contributed by atoms with E-state index in [2.05, 4.69) is 65.2 Å². The molecule has 0 heterocycles. The zero-order valence-corrected chi connectivity index (χ0v) is 49.1. The van der Waals surface area contributed by atoms with Gasteiger partial charge in [-0.2, -0.15) is 0 Å². The van der Waals surface area contributed by atoms with Crippen molar-refractivity contribution >= 4 is 10.1 Å². The molecular formula is C61H121NO9S. The SMILES string of the molecule is CCCCCCCCCCCCCCCCCC[N+](C)(C)Cc1ccccc1.CCCCCCCCCCCCOCCOCCOCCOCCOCCO.CCCCCCCCCCCCS(=O)(=O)[O-]. The molecule has 0 radical (unpaired) electrons. The fraction of sp³-hybridized carbons (Fsp3) is 0.902. The van der Waals surface area contributed by atoms with Gasteiger partial charge in [-0.05, 0) is 25.7 Å². The first-order valence-corrected chi connectivity index (χ1v) is 32.0. The lowest BCUT2D eigenvalue weighted by Crippen LogP contribution is -2.39. The van der Waals surface area contributed by atoms with E-state index in [4.69, 9.17) is 28.8 Å². The lowest BCUT2D eigenvalue weighted by Gasteiger charge is -2.30. The first-order chi connectivity index (χ1) is 35.1. The maximum atomic E-state index is 10.3. The third-order valence-electron chi connectivity index (χ3n) is 13.2. The van der Waals surface area contributed by atoms with E-state index >= 15 is 0 Å². The molecule has 11 heteroatoms. The Morgan fingerprint density at radius 2 is 0.667 bits per heavy atom. The highest BCUT2D eigenvalue weighted by Crippen LogP contribution is 2.16. The number of aliphatic hydroxyl groups is 1. The Morgan fingerprint density at radius 3 is 0.986 bits per heavy atom. The summed E-state index contributed by atoms with van der Waals surface area (Å²) >= 11 is 0. The summed E-state index contributed by atoms with van der Waals surface area (Å²) in [6.07, 6.45) is 48.1. The zero-order valence-electron chi connectivity index (χ0n) is 48.3. The van der Waals surface area contributed by atoms with Crippen LogP contribution in [0.5, 0.6) is 0 Å². The van der Waals surface area contributed by atoms with E-state index in [9.17, 15) is 13.0 Å². The van der Waals surface area contributed by atoms with Gasteiger partial charge < -0.3 is 37.8 Å². The van der Waals surface area contributed by atoms with Crippen LogP contribution in [0, 0.1) is 0 Å². The third-order valence-corrected chi connectivity index (χ3v) is 14.0. The van der Waals surface area contributed by atoms with Crippen molar-refractivity contribution in [3.05, 3.63) is 35.9 Å². The molecular weight excluding hydrogens is 923 g/mol. The zero-order chi connectivity index (χ0) is 53.0. The van der Waals surface area contributed by atoms with Crippen LogP contribution in [0.1, 0.15) is 257 Å². The van der Waals surface area contributed by atoms with Crippen molar-refractivity contribution in [2.24, 2.45) is 0 Å². The Bertz CT molecular complexity index is 1210. The number of unbranched alkanes of at least 4 members (excludes halogenated alkanes) is 33. The van der Waals surface area contributed by atoms with Crippen molar-refractivity contribution in [1.29, 1.82) is 0 Å². The Morgan fingerprint density at radius 1 is 0.389 bits per heavy atom. The van der Waals surface area contributed by atoms with Crippen molar-refractivity contribution in [3.63, 3.8) is 0 Å². The first kappa shape index (κ1) is 72.9. The molecule has 0 bridgehead atoms. The van der Waals surface area contributed by atoms with E-state index in [0.29, 0.717) is 65.9 Å². The average molecular weight is 1040 g/mol. The molecule has 1 rings (SSSR count). The Labute approximate surface area is 447 Å². The molecule has 0 aromatic heterocycles. The second-order valence-corrected chi connectivity index (χ2v) is 22.5. The maximum Gasteiger partial charge on any atom is 0.104 e. The average Bonchev–Trinajstić information content (AvgIpc) is 3.36. The highest BCUT2D eigenvalue weighted by molar-refractivity contribution is 7.85. The van der Waals surface area contributed by atoms with Gasteiger partial charge in [0, 0.05) is 17.9 Å². The van der Waals surface area contributed by atoms with Gasteiger partial charge in [-0.25, -0.2) is 8.42 Å². The van der Waals surface area contributed by atoms with E-state index in [1.54, 1.807) is 0 Å². The van der Waals surface area contributed by atoms with Crippen LogP contribution in [0.3, 0.4) is 0 Å². The normalized spacial score (nSPS) is 11.7. The fourth-order valence-electron chi connectivity index (χ4n) is 8.75. The Kier molecular flexibility index (Phi) is 61.5. The molecule has 1 aromatic rings. The van der Waals surface area contributed by atoms with Gasteiger partial charge in [0.1, 0.15) is 6.54 Å². The molecule has 0 fully saturated rings. The number of quaternary nitrogens is 1. The molecule has 0 saturated carbocycles. The minimum atomic E-state index is -3.98. The van der Waals surface area contributed by atoms with Gasteiger partial charge in [0.15, 0.2) is 0 Å². The van der Waals surface area contributed by atoms with Crippen LogP contribution in [0.25, 0.3) is 0 Å². The van der Waals surface area contributed by atoms with Crippen LogP contribution in [0.15, 0.2) is 30.3 Å². The molecule has 0 aliphatic carbocycles. The fourth-order valence-corrected chi connectivity index (χ4v) is 9.31. The van der Waals surface area contributed by atoms with Crippen LogP contribution < -0.4 is 0 Å². The van der Waals surface area contributed by atoms with Crippen LogP contribution >= 0.6 is 0 Å². The lowest BCUT2D eigenvalue weighted by atomic mass is 10.0. The van der Waals surface area contributed by atoms with Crippen LogP contribution in [-0.2, 0) is 40.3 Å². The Hall–Kier alpha value is -1.15. The highest BCUT2D eigenvalue weighted by Gasteiger charge is 2.15. The molecule has 1 aromatic carbocycles. The predicted octanol–water partition coefficient (Wildman–Crippen LogP) is 16.0. The summed E-state index contributed by atoms with van der Waals surface area (Å²) in [4.78, 5) is 0. The molecule has 0 saturated heterocycles. The molecule has 72 heavy (non-hydrogen) atoms. The molecule has 430 valence electrons. The van der Waals surface area contributed by atoms with Crippen molar-refractivity contribution in [2.75, 3.05) is 99.1 Å². The standard InChI is InChI=1S/C27H50N.C22H46O6.C12H26O3S/c1-4-5-6-7-8-9-10-11-12-13-14-15-16-17-18-22-25-28(2,3)26-27-23-20-19-21-24-27;1-2-3-4-5-6-7-8-9-10-11-13-24-15-17-26-19-21-28-22-20-27-18-16-25-14-12-23;1-2-3-4-5-6-7-8-9-10-11-12-16(13,14)15/h19-21,23-24H,4-18,22,25-26H2,1-3H3;23H,2-22H2,1H3;2-12H2,1H3,(H,13,14,15)/q+1;;/p-1. The Balaban J connectivity index is 0. The van der Waals surface area contributed by atoms with Gasteiger partial charge in [0.2, 0.25) is 0 Å². The summed E-state index contributed by atoms with van der Waals surface area (Å²) in [7, 11) is 0.765. The number of hydrogen-bond acceptors (Lipinski definition) is 9. The quantitative estimate of drug-likeness (QED) is 0.0386. The summed E-state index contributed by atoms with van der Waals surface area (Å²) in [5.74, 6) is -0.191. The van der Waals surface area contributed by atoms with Crippen molar-refractivity contribution in [1.82, 2.24) is 0 Å². The van der Waals surface area contributed by atoms with E-state index in [1.165, 1.54) is 218 Å². The number of benzene rings is 1. The molecule has 0 aliphatic heterocycles. The molecule has 10 nitrogen and oxygen atoms in total. The van der Waals surface area contributed by atoms with Crippen molar-refractivity contribution in [3.8, 4) is 0 Å². The predicted molar refractivity (Wildman–Crippen MR) is 306 cm³/mol. The first-order valence-electron chi connectivity index (χ1n) is 30.4. The monoisotopic (exact) mass is 1040 g/mol. The molecule has 0 unspecified atom stereocenters. The topological polar surface area (TPSA) is 124 Å². The second-order valence-electron chi connectivity index (χ2n) is 21.0. The van der Waals surface area contributed by atoms with Gasteiger partial charge in [0.25, 0.3) is 0 Å². The highest BCUT2D eigenvalue weighted by atomic mass is 32.2. The minimum absolute atomic E-state index is 0.0491. The lowest BCUT2D eigenvalue weighted by molar-refractivity contribution is -0.903. The molecule has 0 amide bonds. The third kappa shape index (κ3) is 66.9. The number of hydrogen-bond donors (Lipinski definition) is 1. The van der Waals surface area contributed by atoms with Gasteiger partial charge in [-0.1, -0.05) is 257 Å². The van der Waals surface area contributed by atoms with Crippen LogP contribution in [0.2, 0.25) is 0 Å². The summed E-state index contributed by atoms with van der Waals surface area (Å²) in [6, 6.07) is 10.9. The van der Waals surface area contributed by atoms with E-state index in [1.807, 2.05) is 0 Å². The number of rotatable bonds is 55. The molecule has 1 N–H and O–H groups in total. The van der Waals surface area contributed by atoms with Crippen molar-refractivity contribution in [2.45, 2.75) is 258 Å². The summed E-state index contributed by atoms with van der Waals surface area (Å²) in [6.45, 7) is 15.1. The maximum absolute atomic E-state index is 10.3. The summed E-state index contributed by atoms with van der Waals surface area (Å²) in [5, 5.41) is 8.54. The minimum Gasteiger partial charge on any atom is -0.748 e. The van der Waals surface area contributed by atoms with E-state index in [0.717, 1.165) is 36.9 Å². The number of nitrogens with zero attached hydrogens (tertiary/aromatic N) is 1. The van der Waals surface area contributed by atoms with Gasteiger partial charge in [-0.15, -0.1) is 0 Å². The molecule has 0 aliphatic rings. The number of aliphatic hydroxyl groups excluding tert-OH is 1. The van der Waals surface area contributed by atoms with Gasteiger partial charge in [-0.3, -0.25) is 0 Å². The smallest absolute Gasteiger partial charge is 0.104 e. The van der Waals surface area contributed by atoms with E-state index < -0.39 is 10.1 Å². The largest absolute Gasteiger partial charge is 0.748 e.